The van der Waals surface area contributed by atoms with Crippen LogP contribution >= 0.6 is 8.22 Å². The normalized spacial score (nSPS) is 28.6. The second-order valence-electron chi connectivity index (χ2n) is 8.63. The van der Waals surface area contributed by atoms with E-state index in [1.165, 1.54) is 58.8 Å². The van der Waals surface area contributed by atoms with Crippen molar-refractivity contribution in [1.29, 1.82) is 0 Å². The Hall–Kier alpha value is 0.270. The minimum atomic E-state index is -0.173. The predicted molar refractivity (Wildman–Crippen MR) is 103 cm³/mol. The highest BCUT2D eigenvalue weighted by Crippen LogP contribution is 2.47. The van der Waals surface area contributed by atoms with E-state index in [1.54, 1.807) is 0 Å². The van der Waals surface area contributed by atoms with Gasteiger partial charge in [-0.3, -0.25) is 19.1 Å². The molecule has 3 heterocycles. The predicted octanol–water partition coefficient (Wildman–Crippen LogP) is 3.42. The average molecular weight is 343 g/mol. The molecule has 0 amide bonds. The Morgan fingerprint density at radius 2 is 1.17 bits per heavy atom. The topological polar surface area (TPSA) is 13.0 Å². The number of fused-ring (bicyclic) bond motifs is 6. The summed E-state index contributed by atoms with van der Waals surface area (Å²) in [5, 5.41) is 0. The van der Waals surface area contributed by atoms with Crippen molar-refractivity contribution >= 4 is 8.22 Å². The molecule has 0 radical (unpaired) electrons. The second-order valence-corrected chi connectivity index (χ2v) is 10.8. The maximum absolute atomic E-state index is 2.83. The zero-order chi connectivity index (χ0) is 17.0. The van der Waals surface area contributed by atoms with Gasteiger partial charge >= 0.3 is 0 Å². The monoisotopic (exact) mass is 342 g/mol. The molecule has 0 aromatic heterocycles. The molecular weight excluding hydrogens is 303 g/mol. The van der Waals surface area contributed by atoms with Gasteiger partial charge in [-0.05, 0) is 17.8 Å². The Kier molecular flexibility index (Phi) is 7.75. The molecule has 0 aromatic carbocycles. The summed E-state index contributed by atoms with van der Waals surface area (Å²) in [6.45, 7) is 24.1. The van der Waals surface area contributed by atoms with Gasteiger partial charge in [0, 0.05) is 52.1 Å². The van der Waals surface area contributed by atoms with Crippen LogP contribution < -0.4 is 0 Å². The highest BCUT2D eigenvalue weighted by Gasteiger charge is 2.34. The van der Waals surface area contributed by atoms with Crippen LogP contribution in [0.1, 0.15) is 41.5 Å². The Balaban J connectivity index is 2.19. The molecule has 3 rings (SSSR count). The van der Waals surface area contributed by atoms with Crippen LogP contribution in [0.15, 0.2) is 0 Å². The summed E-state index contributed by atoms with van der Waals surface area (Å²) in [5.41, 5.74) is 0. The zero-order valence-electron chi connectivity index (χ0n) is 16.3. The minimum Gasteiger partial charge on any atom is -0.288 e. The number of nitrogens with zero attached hydrogens (tertiary/aromatic N) is 4. The van der Waals surface area contributed by atoms with Gasteiger partial charge in [0.15, 0.2) is 0 Å². The number of hydrogen-bond donors (Lipinski definition) is 0. The Bertz CT molecular complexity index is 326. The van der Waals surface area contributed by atoms with E-state index in [4.69, 9.17) is 0 Å². The van der Waals surface area contributed by atoms with Gasteiger partial charge in [-0.15, -0.1) is 0 Å². The molecule has 3 aliphatic heterocycles. The molecule has 5 heteroatoms. The van der Waals surface area contributed by atoms with E-state index >= 15 is 0 Å². The summed E-state index contributed by atoms with van der Waals surface area (Å²) in [7, 11) is -0.173. The summed E-state index contributed by atoms with van der Waals surface area (Å²) in [5.74, 6) is 2.27. The lowest BCUT2D eigenvalue weighted by Gasteiger charge is -2.50. The van der Waals surface area contributed by atoms with E-state index in [-0.39, 0.29) is 8.22 Å². The molecule has 2 bridgehead atoms. The van der Waals surface area contributed by atoms with E-state index in [0.717, 1.165) is 17.8 Å². The molecule has 0 N–H and O–H groups in total. The van der Waals surface area contributed by atoms with Crippen LogP contribution in [-0.2, 0) is 0 Å². The summed E-state index contributed by atoms with van der Waals surface area (Å²) < 4.78 is 5.67. The quantitative estimate of drug-likeness (QED) is 0.686. The smallest absolute Gasteiger partial charge is 0.0545 e. The maximum Gasteiger partial charge on any atom is 0.0545 e. The molecule has 0 aromatic rings. The molecule has 136 valence electrons. The van der Waals surface area contributed by atoms with Crippen LogP contribution in [0.3, 0.4) is 0 Å². The summed E-state index contributed by atoms with van der Waals surface area (Å²) >= 11 is 0. The first-order valence-electron chi connectivity index (χ1n) is 9.57. The first-order valence-corrected chi connectivity index (χ1v) is 11.0. The highest BCUT2D eigenvalue weighted by molar-refractivity contribution is 7.52. The van der Waals surface area contributed by atoms with Crippen LogP contribution in [0.5, 0.6) is 0 Å². The van der Waals surface area contributed by atoms with E-state index in [1.807, 2.05) is 0 Å². The first kappa shape index (κ1) is 19.6. The molecule has 3 fully saturated rings. The van der Waals surface area contributed by atoms with E-state index in [9.17, 15) is 0 Å². The van der Waals surface area contributed by atoms with Gasteiger partial charge in [-0.2, -0.15) is 0 Å². The van der Waals surface area contributed by atoms with Crippen molar-refractivity contribution in [3.05, 3.63) is 0 Å². The molecule has 23 heavy (non-hydrogen) atoms. The van der Waals surface area contributed by atoms with E-state index in [2.05, 4.69) is 60.7 Å². The lowest BCUT2D eigenvalue weighted by molar-refractivity contribution is 0.0967. The van der Waals surface area contributed by atoms with Gasteiger partial charge in [0.1, 0.15) is 0 Å². The largest absolute Gasteiger partial charge is 0.288 e. The molecular formula is C18H39N4P. The Morgan fingerprint density at radius 1 is 0.696 bits per heavy atom. The van der Waals surface area contributed by atoms with Crippen molar-refractivity contribution in [2.45, 2.75) is 41.5 Å². The average Bonchev–Trinajstić information content (AvgIpc) is 2.38. The fourth-order valence-corrected chi connectivity index (χ4v) is 6.66. The van der Waals surface area contributed by atoms with Crippen molar-refractivity contribution < 1.29 is 0 Å². The van der Waals surface area contributed by atoms with Crippen molar-refractivity contribution in [2.75, 3.05) is 58.8 Å². The van der Waals surface area contributed by atoms with Crippen molar-refractivity contribution in [3.8, 4) is 0 Å². The van der Waals surface area contributed by atoms with Gasteiger partial charge in [0.2, 0.25) is 0 Å². The molecule has 0 atom stereocenters. The Labute approximate surface area is 146 Å². The maximum atomic E-state index is 2.83. The molecule has 0 saturated carbocycles. The van der Waals surface area contributed by atoms with Crippen molar-refractivity contribution in [1.82, 2.24) is 19.1 Å². The fourth-order valence-electron chi connectivity index (χ4n) is 3.71. The first-order chi connectivity index (χ1) is 10.8. The standard InChI is InChI=1S/C18H39N4P/c1-16(2)11-20-14-19-7-9-21(12-17(3)4)23(15-20)22(10-8-19)13-18(5)6/h16-18H,7-15H2,1-6H3. The molecule has 4 nitrogen and oxygen atoms in total. The van der Waals surface area contributed by atoms with Gasteiger partial charge in [-0.25, -0.2) is 0 Å². The summed E-state index contributed by atoms with van der Waals surface area (Å²) in [4.78, 5) is 5.42. The molecule has 0 unspecified atom stereocenters. The molecule has 0 spiro atoms. The lowest BCUT2D eigenvalue weighted by Crippen LogP contribution is -2.53. The van der Waals surface area contributed by atoms with Crippen LogP contribution in [0.4, 0.5) is 0 Å². The van der Waals surface area contributed by atoms with Gasteiger partial charge in [-0.1, -0.05) is 41.5 Å². The van der Waals surface area contributed by atoms with Gasteiger partial charge < -0.3 is 0 Å². The third-order valence-corrected chi connectivity index (χ3v) is 7.19. The molecule has 3 saturated heterocycles. The van der Waals surface area contributed by atoms with Crippen LogP contribution in [-0.4, -0.2) is 77.9 Å². The third-order valence-electron chi connectivity index (χ3n) is 4.50. The van der Waals surface area contributed by atoms with Crippen LogP contribution in [0, 0.1) is 17.8 Å². The Morgan fingerprint density at radius 3 is 1.61 bits per heavy atom. The van der Waals surface area contributed by atoms with E-state index in [0.29, 0.717) is 0 Å². The van der Waals surface area contributed by atoms with Gasteiger partial charge in [0.25, 0.3) is 0 Å². The summed E-state index contributed by atoms with van der Waals surface area (Å²) in [6, 6.07) is 0. The van der Waals surface area contributed by atoms with Gasteiger partial charge in [0.05, 0.1) is 14.9 Å². The minimum absolute atomic E-state index is 0.173. The van der Waals surface area contributed by atoms with Crippen LogP contribution in [0.2, 0.25) is 0 Å². The highest BCUT2D eigenvalue weighted by atomic mass is 31.1. The van der Waals surface area contributed by atoms with Crippen molar-refractivity contribution in [2.24, 2.45) is 17.8 Å². The SMILES string of the molecule is CC(C)CN1CN2CCN(CC(C)C)P(C1)N(CC(C)C)CC2. The van der Waals surface area contributed by atoms with Crippen LogP contribution in [0.25, 0.3) is 0 Å². The molecule has 3 aliphatic rings. The fraction of sp³-hybridized carbons (Fsp3) is 1.00. The third kappa shape index (κ3) is 6.25. The lowest BCUT2D eigenvalue weighted by atomic mass is 10.2. The molecule has 0 aliphatic carbocycles. The number of rotatable bonds is 6. The summed E-state index contributed by atoms with van der Waals surface area (Å²) in [6.07, 6.45) is 1.27. The zero-order valence-corrected chi connectivity index (χ0v) is 17.2. The number of hydrogen-bond acceptors (Lipinski definition) is 4. The second kappa shape index (κ2) is 9.10. The van der Waals surface area contributed by atoms with E-state index < -0.39 is 0 Å². The van der Waals surface area contributed by atoms with Crippen molar-refractivity contribution in [3.63, 3.8) is 0 Å².